The fourth-order valence-corrected chi connectivity index (χ4v) is 6.97. The highest BCUT2D eigenvalue weighted by molar-refractivity contribution is 6.36. The van der Waals surface area contributed by atoms with Crippen molar-refractivity contribution in [1.82, 2.24) is 19.8 Å². The number of aromatic nitrogens is 2. The van der Waals surface area contributed by atoms with Crippen LogP contribution >= 0.6 is 11.6 Å². The number of halogens is 3. The third-order valence-electron chi connectivity index (χ3n) is 8.98. The Bertz CT molecular complexity index is 1630. The number of anilines is 2. The Morgan fingerprint density at radius 3 is 2.71 bits per heavy atom. The van der Waals surface area contributed by atoms with E-state index in [1.807, 2.05) is 42.3 Å². The Morgan fingerprint density at radius 2 is 1.96 bits per heavy atom. The average Bonchev–Trinajstić information content (AvgIpc) is 3.38. The second-order valence-electron chi connectivity index (χ2n) is 11.8. The molecule has 1 amide bonds. The summed E-state index contributed by atoms with van der Waals surface area (Å²) in [5.41, 5.74) is 2.85. The molecule has 0 saturated carbocycles. The van der Waals surface area contributed by atoms with Gasteiger partial charge in [0.05, 0.1) is 35.8 Å². The van der Waals surface area contributed by atoms with Gasteiger partial charge in [-0.2, -0.15) is 15.2 Å². The SMILES string of the molecule is CN1C[C@H](F)C[C@H]1COc1nc2c(c(N3CCN(C(=O)/C=C/CF)C(CC#N)C3)n1)CCN(c1cccc3cccc(Cl)c13)C2. The molecule has 3 aliphatic rings. The van der Waals surface area contributed by atoms with Crippen LogP contribution in [0.4, 0.5) is 20.3 Å². The van der Waals surface area contributed by atoms with Crippen LogP contribution < -0.4 is 14.5 Å². The fraction of sp³-hybridized carbons (Fsp3) is 0.455. The van der Waals surface area contributed by atoms with Crippen molar-refractivity contribution in [3.8, 4) is 12.1 Å². The number of rotatable bonds is 8. The molecule has 6 rings (SSSR count). The van der Waals surface area contributed by atoms with Gasteiger partial charge in [-0.05, 0) is 43.5 Å². The van der Waals surface area contributed by atoms with Crippen molar-refractivity contribution in [2.24, 2.45) is 0 Å². The molecule has 3 aliphatic heterocycles. The van der Waals surface area contributed by atoms with Crippen LogP contribution in [0.3, 0.4) is 0 Å². The van der Waals surface area contributed by atoms with Gasteiger partial charge in [0.2, 0.25) is 5.91 Å². The Kier molecular flexibility index (Phi) is 9.33. The van der Waals surface area contributed by atoms with Crippen molar-refractivity contribution in [2.75, 3.05) is 62.9 Å². The van der Waals surface area contributed by atoms with Crippen molar-refractivity contribution in [1.29, 1.82) is 5.26 Å². The van der Waals surface area contributed by atoms with Crippen molar-refractivity contribution in [3.63, 3.8) is 0 Å². The van der Waals surface area contributed by atoms with Crippen molar-refractivity contribution < 1.29 is 18.3 Å². The number of hydrogen-bond acceptors (Lipinski definition) is 8. The molecule has 3 aromatic rings. The topological polar surface area (TPSA) is 88.8 Å². The number of allylic oxidation sites excluding steroid dienone is 1. The molecule has 2 aromatic carbocycles. The number of piperazine rings is 1. The molecule has 0 radical (unpaired) electrons. The summed E-state index contributed by atoms with van der Waals surface area (Å²) >= 11 is 6.68. The van der Waals surface area contributed by atoms with Gasteiger partial charge in [0.1, 0.15) is 25.3 Å². The second kappa shape index (κ2) is 13.5. The fourth-order valence-electron chi connectivity index (χ4n) is 6.70. The lowest BCUT2D eigenvalue weighted by molar-refractivity contribution is -0.128. The van der Waals surface area contributed by atoms with Crippen LogP contribution in [0.5, 0.6) is 6.01 Å². The monoisotopic (exact) mass is 635 g/mol. The van der Waals surface area contributed by atoms with E-state index in [1.54, 1.807) is 4.90 Å². The maximum Gasteiger partial charge on any atom is 0.318 e. The number of carbonyl (C=O) groups is 1. The van der Waals surface area contributed by atoms with E-state index in [1.165, 1.54) is 12.2 Å². The predicted octanol–water partition coefficient (Wildman–Crippen LogP) is 4.72. The number of nitrogens with zero attached hydrogens (tertiary/aromatic N) is 7. The van der Waals surface area contributed by atoms with Crippen molar-refractivity contribution >= 4 is 39.8 Å². The number of likely N-dealkylation sites (tertiary alicyclic amines) is 1. The normalized spacial score (nSPS) is 22.2. The quantitative estimate of drug-likeness (QED) is 0.329. The number of alkyl halides is 2. The molecule has 1 aromatic heterocycles. The first-order valence-corrected chi connectivity index (χ1v) is 15.7. The van der Waals surface area contributed by atoms with Crippen LogP contribution in [0.25, 0.3) is 10.8 Å². The predicted molar refractivity (Wildman–Crippen MR) is 170 cm³/mol. The maximum atomic E-state index is 14.1. The van der Waals surface area contributed by atoms with Gasteiger partial charge < -0.3 is 19.4 Å². The summed E-state index contributed by atoms with van der Waals surface area (Å²) in [6.07, 6.45) is 2.73. The van der Waals surface area contributed by atoms with Crippen molar-refractivity contribution in [2.45, 2.75) is 44.1 Å². The van der Waals surface area contributed by atoms with E-state index < -0.39 is 12.8 Å². The molecule has 12 heteroatoms. The highest BCUT2D eigenvalue weighted by atomic mass is 35.5. The molecular weight excluding hydrogens is 600 g/mol. The minimum absolute atomic E-state index is 0.0793. The van der Waals surface area contributed by atoms with Crippen LogP contribution in [0.2, 0.25) is 5.02 Å². The number of likely N-dealkylation sites (N-methyl/N-ethyl adjacent to an activating group) is 1. The molecule has 0 aliphatic carbocycles. The second-order valence-corrected chi connectivity index (χ2v) is 12.2. The van der Waals surface area contributed by atoms with Crippen LogP contribution in [0, 0.1) is 11.3 Å². The number of benzene rings is 2. The average molecular weight is 636 g/mol. The van der Waals surface area contributed by atoms with Gasteiger partial charge in [-0.1, -0.05) is 35.9 Å². The van der Waals surface area contributed by atoms with E-state index in [2.05, 4.69) is 21.9 Å². The van der Waals surface area contributed by atoms with Crippen LogP contribution in [0.15, 0.2) is 48.6 Å². The zero-order chi connectivity index (χ0) is 31.5. The summed E-state index contributed by atoms with van der Waals surface area (Å²) in [4.78, 5) is 30.5. The molecule has 45 heavy (non-hydrogen) atoms. The first kappa shape index (κ1) is 31.0. The molecule has 3 atom stereocenters. The summed E-state index contributed by atoms with van der Waals surface area (Å²) in [5.74, 6) is 0.417. The van der Waals surface area contributed by atoms with Gasteiger partial charge in [-0.15, -0.1) is 0 Å². The lowest BCUT2D eigenvalue weighted by atomic mass is 10.0. The van der Waals surface area contributed by atoms with E-state index in [9.17, 15) is 18.8 Å². The number of carbonyl (C=O) groups excluding carboxylic acids is 1. The molecule has 0 spiro atoms. The standard InChI is InChI=1S/C33H36ClF2N7O2/c1-40-18-23(36)17-25(40)21-45-33-38-28-20-41(29-8-3-6-22-5-2-7-27(34)31(22)29)14-11-26(28)32(39-33)42-15-16-43(24(19-42)10-13-37)30(44)9-4-12-35/h2-9,23-25H,10-12,14-21H2,1H3/b9-4+/t23-,24?,25+/m1/s1. The van der Waals surface area contributed by atoms with Crippen LogP contribution in [-0.4, -0.2) is 97.0 Å². The third-order valence-corrected chi connectivity index (χ3v) is 9.29. The largest absolute Gasteiger partial charge is 0.462 e. The molecule has 2 fully saturated rings. The Labute approximate surface area is 266 Å². The molecule has 9 nitrogen and oxygen atoms in total. The molecule has 236 valence electrons. The smallest absolute Gasteiger partial charge is 0.318 e. The molecule has 2 saturated heterocycles. The van der Waals surface area contributed by atoms with Crippen molar-refractivity contribution in [3.05, 3.63) is 64.8 Å². The first-order chi connectivity index (χ1) is 21.9. The van der Waals surface area contributed by atoms with E-state index in [4.69, 9.17) is 26.3 Å². The van der Waals surface area contributed by atoms with E-state index in [0.29, 0.717) is 57.1 Å². The summed E-state index contributed by atoms with van der Waals surface area (Å²) in [5, 5.41) is 12.3. The van der Waals surface area contributed by atoms with E-state index in [-0.39, 0.29) is 37.0 Å². The van der Waals surface area contributed by atoms with Gasteiger partial charge in [-0.25, -0.2) is 8.78 Å². The Morgan fingerprint density at radius 1 is 1.13 bits per heavy atom. The summed E-state index contributed by atoms with van der Waals surface area (Å²) in [7, 11) is 1.89. The lowest BCUT2D eigenvalue weighted by Crippen LogP contribution is -2.55. The number of fused-ring (bicyclic) bond motifs is 2. The number of ether oxygens (including phenoxy) is 1. The minimum Gasteiger partial charge on any atom is -0.462 e. The zero-order valence-corrected chi connectivity index (χ0v) is 26.0. The summed E-state index contributed by atoms with van der Waals surface area (Å²) in [6.45, 7) is 2.37. The highest BCUT2D eigenvalue weighted by Crippen LogP contribution is 2.37. The maximum absolute atomic E-state index is 14.1. The van der Waals surface area contributed by atoms with Gasteiger partial charge in [0, 0.05) is 61.5 Å². The van der Waals surface area contributed by atoms with Gasteiger partial charge in [-0.3, -0.25) is 9.69 Å². The van der Waals surface area contributed by atoms with Crippen LogP contribution in [-0.2, 0) is 17.8 Å². The molecule has 4 heterocycles. The Hall–Kier alpha value is -4.01. The van der Waals surface area contributed by atoms with E-state index >= 15 is 0 Å². The zero-order valence-electron chi connectivity index (χ0n) is 25.2. The number of nitriles is 1. The van der Waals surface area contributed by atoms with Gasteiger partial charge >= 0.3 is 6.01 Å². The van der Waals surface area contributed by atoms with Crippen LogP contribution in [0.1, 0.15) is 24.1 Å². The lowest BCUT2D eigenvalue weighted by Gasteiger charge is -2.42. The first-order valence-electron chi connectivity index (χ1n) is 15.3. The van der Waals surface area contributed by atoms with Gasteiger partial charge in [0.15, 0.2) is 0 Å². The molecule has 0 bridgehead atoms. The summed E-state index contributed by atoms with van der Waals surface area (Å²) in [6, 6.07) is 14.0. The molecule has 0 N–H and O–H groups in total. The van der Waals surface area contributed by atoms with E-state index in [0.717, 1.165) is 33.5 Å². The summed E-state index contributed by atoms with van der Waals surface area (Å²) < 4.78 is 32.9. The highest BCUT2D eigenvalue weighted by Gasteiger charge is 2.34. The molecule has 1 unspecified atom stereocenters. The molecular formula is C33H36ClF2N7O2. The minimum atomic E-state index is -0.888. The number of hydrogen-bond donors (Lipinski definition) is 0. The Balaban J connectivity index is 1.32. The van der Waals surface area contributed by atoms with Gasteiger partial charge in [0.25, 0.3) is 0 Å². The number of amides is 1. The third kappa shape index (κ3) is 6.53.